The highest BCUT2D eigenvalue weighted by molar-refractivity contribution is 7.15. The van der Waals surface area contributed by atoms with Crippen molar-refractivity contribution in [3.63, 3.8) is 0 Å². The highest BCUT2D eigenvalue weighted by Gasteiger charge is 2.29. The van der Waals surface area contributed by atoms with Gasteiger partial charge in [-0.3, -0.25) is 0 Å². The number of likely N-dealkylation sites (tertiary alicyclic amines) is 1. The summed E-state index contributed by atoms with van der Waals surface area (Å²) < 4.78 is 19.4. The van der Waals surface area contributed by atoms with Crippen molar-refractivity contribution < 1.29 is 13.9 Å². The molecule has 0 atom stereocenters. The van der Waals surface area contributed by atoms with Crippen LogP contribution in [0.4, 0.5) is 9.18 Å². The smallest absolute Gasteiger partial charge is 0.410 e. The largest absolute Gasteiger partial charge is 0.444 e. The Bertz CT molecular complexity index is 795. The van der Waals surface area contributed by atoms with E-state index in [-0.39, 0.29) is 12.0 Å². The van der Waals surface area contributed by atoms with Gasteiger partial charge in [0.2, 0.25) is 0 Å². The summed E-state index contributed by atoms with van der Waals surface area (Å²) in [6.45, 7) is 8.59. The fourth-order valence-electron chi connectivity index (χ4n) is 2.85. The lowest BCUT2D eigenvalue weighted by molar-refractivity contribution is 0.0205. The molecule has 0 unspecified atom stereocenters. The predicted octanol–water partition coefficient (Wildman–Crippen LogP) is 4.16. The van der Waals surface area contributed by atoms with Gasteiger partial charge in [-0.2, -0.15) is 0 Å². The Morgan fingerprint density at radius 1 is 1.27 bits per heavy atom. The van der Waals surface area contributed by atoms with Crippen molar-refractivity contribution in [2.45, 2.75) is 52.1 Å². The summed E-state index contributed by atoms with van der Waals surface area (Å²) in [5.41, 5.74) is -0.190. The van der Waals surface area contributed by atoms with Crippen molar-refractivity contribution >= 4 is 17.4 Å². The van der Waals surface area contributed by atoms with Gasteiger partial charge in [0.15, 0.2) is 5.82 Å². The van der Waals surface area contributed by atoms with Gasteiger partial charge in [0.25, 0.3) is 0 Å². The number of aryl methyl sites for hydroxylation is 1. The third kappa shape index (κ3) is 4.35. The molecular formula is C18H23FN4O2S. The van der Waals surface area contributed by atoms with Gasteiger partial charge in [-0.1, -0.05) is 0 Å². The molecule has 0 aromatic carbocycles. The number of piperidine rings is 1. The van der Waals surface area contributed by atoms with Gasteiger partial charge >= 0.3 is 6.09 Å². The standard InChI is InChI=1S/C18H23FN4O2S/c1-11-20-9-13(19)15(22-11)14-10-21-16(26-14)12-5-7-23(8-6-12)17(24)25-18(2,3)4/h9-10,12H,5-8H2,1-4H3. The van der Waals surface area contributed by atoms with Crippen LogP contribution in [0.1, 0.15) is 50.4 Å². The fourth-order valence-corrected chi connectivity index (χ4v) is 3.93. The Morgan fingerprint density at radius 2 is 1.96 bits per heavy atom. The third-order valence-electron chi connectivity index (χ3n) is 4.12. The molecule has 1 fully saturated rings. The Kier molecular flexibility index (Phi) is 5.22. The zero-order chi connectivity index (χ0) is 18.9. The molecule has 1 aliphatic rings. The molecule has 1 amide bonds. The summed E-state index contributed by atoms with van der Waals surface area (Å²) in [7, 11) is 0. The van der Waals surface area contributed by atoms with E-state index in [1.807, 2.05) is 20.8 Å². The molecule has 0 bridgehead atoms. The molecule has 0 spiro atoms. The van der Waals surface area contributed by atoms with E-state index in [4.69, 9.17) is 4.74 Å². The Morgan fingerprint density at radius 3 is 2.62 bits per heavy atom. The van der Waals surface area contributed by atoms with Gasteiger partial charge in [-0.05, 0) is 40.5 Å². The first-order chi connectivity index (χ1) is 12.2. The minimum Gasteiger partial charge on any atom is -0.444 e. The molecule has 6 nitrogen and oxygen atoms in total. The predicted molar refractivity (Wildman–Crippen MR) is 97.6 cm³/mol. The molecular weight excluding hydrogens is 355 g/mol. The number of ether oxygens (including phenoxy) is 1. The minimum atomic E-state index is -0.488. The average Bonchev–Trinajstić information content (AvgIpc) is 3.05. The van der Waals surface area contributed by atoms with Crippen LogP contribution in [0.2, 0.25) is 0 Å². The summed E-state index contributed by atoms with van der Waals surface area (Å²) in [4.78, 5) is 27.1. The Hall–Kier alpha value is -2.09. The van der Waals surface area contributed by atoms with Crippen molar-refractivity contribution in [2.75, 3.05) is 13.1 Å². The first kappa shape index (κ1) is 18.7. The SMILES string of the molecule is Cc1ncc(F)c(-c2cnc(C3CCN(C(=O)OC(C)(C)C)CC3)s2)n1. The highest BCUT2D eigenvalue weighted by Crippen LogP contribution is 2.35. The van der Waals surface area contributed by atoms with E-state index in [1.54, 1.807) is 18.0 Å². The topological polar surface area (TPSA) is 68.2 Å². The van der Waals surface area contributed by atoms with E-state index < -0.39 is 11.4 Å². The minimum absolute atomic E-state index is 0.262. The van der Waals surface area contributed by atoms with Crippen LogP contribution in [0.3, 0.4) is 0 Å². The molecule has 2 aromatic rings. The van der Waals surface area contributed by atoms with Crippen LogP contribution in [0, 0.1) is 12.7 Å². The Labute approximate surface area is 156 Å². The molecule has 0 saturated carbocycles. The number of carbonyl (C=O) groups excluding carboxylic acids is 1. The van der Waals surface area contributed by atoms with Gasteiger partial charge in [0.1, 0.15) is 17.1 Å². The average molecular weight is 378 g/mol. The van der Waals surface area contributed by atoms with Crippen molar-refractivity contribution in [1.82, 2.24) is 19.9 Å². The summed E-state index contributed by atoms with van der Waals surface area (Å²) in [5, 5.41) is 0.958. The Balaban J connectivity index is 1.65. The van der Waals surface area contributed by atoms with E-state index in [1.165, 1.54) is 17.5 Å². The first-order valence-electron chi connectivity index (χ1n) is 8.66. The van der Waals surface area contributed by atoms with Gasteiger partial charge in [0, 0.05) is 25.2 Å². The van der Waals surface area contributed by atoms with E-state index in [9.17, 15) is 9.18 Å². The summed E-state index contributed by atoms with van der Waals surface area (Å²) >= 11 is 1.46. The molecule has 2 aromatic heterocycles. The molecule has 3 rings (SSSR count). The maximum absolute atomic E-state index is 14.0. The second-order valence-corrected chi connectivity index (χ2v) is 8.48. The summed E-state index contributed by atoms with van der Waals surface area (Å²) in [6.07, 6.45) is 4.23. The van der Waals surface area contributed by atoms with E-state index in [0.717, 1.165) is 17.8 Å². The number of aromatic nitrogens is 3. The summed E-state index contributed by atoms with van der Waals surface area (Å²) in [6, 6.07) is 0. The number of rotatable bonds is 2. The second-order valence-electron chi connectivity index (χ2n) is 7.42. The molecule has 1 saturated heterocycles. The van der Waals surface area contributed by atoms with Gasteiger partial charge in [0.05, 0.1) is 16.1 Å². The van der Waals surface area contributed by atoms with Crippen LogP contribution in [0.25, 0.3) is 10.6 Å². The lowest BCUT2D eigenvalue weighted by Gasteiger charge is -2.32. The number of halogens is 1. The number of nitrogens with zero attached hydrogens (tertiary/aromatic N) is 4. The molecule has 1 aliphatic heterocycles. The van der Waals surface area contributed by atoms with Gasteiger partial charge in [-0.15, -0.1) is 11.3 Å². The maximum atomic E-state index is 14.0. The first-order valence-corrected chi connectivity index (χ1v) is 9.48. The normalized spacial score (nSPS) is 16.0. The number of thiazole rings is 1. The second kappa shape index (κ2) is 7.26. The zero-order valence-electron chi connectivity index (χ0n) is 15.5. The molecule has 3 heterocycles. The van der Waals surface area contributed by atoms with Crippen LogP contribution in [0.15, 0.2) is 12.4 Å². The molecule has 0 N–H and O–H groups in total. The van der Waals surface area contributed by atoms with Crippen molar-refractivity contribution in [1.29, 1.82) is 0 Å². The maximum Gasteiger partial charge on any atom is 0.410 e. The quantitative estimate of drug-likeness (QED) is 0.785. The van der Waals surface area contributed by atoms with Crippen LogP contribution in [0.5, 0.6) is 0 Å². The van der Waals surface area contributed by atoms with Crippen LogP contribution in [-0.4, -0.2) is 44.6 Å². The van der Waals surface area contributed by atoms with Crippen LogP contribution < -0.4 is 0 Å². The number of amides is 1. The third-order valence-corrected chi connectivity index (χ3v) is 5.28. The molecule has 0 radical (unpaired) electrons. The van der Waals surface area contributed by atoms with E-state index in [2.05, 4.69) is 15.0 Å². The van der Waals surface area contributed by atoms with Crippen LogP contribution >= 0.6 is 11.3 Å². The van der Waals surface area contributed by atoms with E-state index >= 15 is 0 Å². The molecule has 26 heavy (non-hydrogen) atoms. The molecule has 0 aliphatic carbocycles. The van der Waals surface area contributed by atoms with Crippen LogP contribution in [-0.2, 0) is 4.74 Å². The zero-order valence-corrected chi connectivity index (χ0v) is 16.3. The van der Waals surface area contributed by atoms with Crippen molar-refractivity contribution in [3.05, 3.63) is 29.0 Å². The monoisotopic (exact) mass is 378 g/mol. The van der Waals surface area contributed by atoms with Crippen molar-refractivity contribution in [3.8, 4) is 10.6 Å². The van der Waals surface area contributed by atoms with E-state index in [0.29, 0.717) is 29.5 Å². The highest BCUT2D eigenvalue weighted by atomic mass is 32.1. The number of hydrogen-bond donors (Lipinski definition) is 0. The van der Waals surface area contributed by atoms with Gasteiger partial charge in [-0.25, -0.2) is 24.1 Å². The lowest BCUT2D eigenvalue weighted by atomic mass is 9.98. The molecule has 8 heteroatoms. The fraction of sp³-hybridized carbons (Fsp3) is 0.556. The number of carbonyl (C=O) groups is 1. The van der Waals surface area contributed by atoms with Crippen molar-refractivity contribution in [2.24, 2.45) is 0 Å². The van der Waals surface area contributed by atoms with Gasteiger partial charge < -0.3 is 9.64 Å². The number of hydrogen-bond acceptors (Lipinski definition) is 6. The lowest BCUT2D eigenvalue weighted by Crippen LogP contribution is -2.41. The molecule has 140 valence electrons. The summed E-state index contributed by atoms with van der Waals surface area (Å²) in [5.74, 6) is 0.353.